The molecule has 0 saturated carbocycles. The molecule has 1 N–H and O–H groups in total. The molecule has 0 amide bonds. The van der Waals surface area contributed by atoms with E-state index in [9.17, 15) is 5.11 Å². The van der Waals surface area contributed by atoms with Crippen LogP contribution in [0.25, 0.3) is 5.57 Å². The van der Waals surface area contributed by atoms with Crippen molar-refractivity contribution >= 4 is 5.57 Å². The summed E-state index contributed by atoms with van der Waals surface area (Å²) in [6, 6.07) is 11.2. The van der Waals surface area contributed by atoms with Crippen LogP contribution in [0.5, 0.6) is 0 Å². The first kappa shape index (κ1) is 12.9. The summed E-state index contributed by atoms with van der Waals surface area (Å²) >= 11 is 0. The van der Waals surface area contributed by atoms with E-state index < -0.39 is 5.60 Å². The van der Waals surface area contributed by atoms with Gasteiger partial charge in [0.15, 0.2) is 0 Å². The molecule has 0 aromatic heterocycles. The standard InChI is InChI=1S/C17H23NO/c1-13(14-7-4-3-5-8-14)17(19)11-15-9-6-10-16(12-17)18(15)2/h3-5,7-8,15-16,19H,1,6,9-12H2,2H3. The number of hydrogen-bond donors (Lipinski definition) is 1. The number of hydrogen-bond acceptors (Lipinski definition) is 2. The third kappa shape index (κ3) is 2.24. The maximum atomic E-state index is 11.1. The first-order valence-corrected chi connectivity index (χ1v) is 7.29. The Morgan fingerprint density at radius 3 is 2.37 bits per heavy atom. The number of nitrogens with zero attached hydrogens (tertiary/aromatic N) is 1. The zero-order chi connectivity index (χ0) is 13.5. The molecule has 2 aliphatic heterocycles. The number of rotatable bonds is 2. The molecule has 2 fully saturated rings. The average Bonchev–Trinajstić information content (AvgIpc) is 2.41. The molecule has 0 radical (unpaired) electrons. The highest BCUT2D eigenvalue weighted by atomic mass is 16.3. The molecule has 2 bridgehead atoms. The van der Waals surface area contributed by atoms with Crippen molar-refractivity contribution < 1.29 is 5.11 Å². The lowest BCUT2D eigenvalue weighted by molar-refractivity contribution is -0.0477. The molecular formula is C17H23NO. The van der Waals surface area contributed by atoms with Crippen LogP contribution in [-0.4, -0.2) is 34.7 Å². The van der Waals surface area contributed by atoms with Crippen LogP contribution in [0.1, 0.15) is 37.7 Å². The van der Waals surface area contributed by atoms with Gasteiger partial charge in [-0.15, -0.1) is 0 Å². The Labute approximate surface area is 115 Å². The SMILES string of the molecule is C=C(c1ccccc1)C1(O)CC2CCCC(C1)N2C. The molecule has 2 saturated heterocycles. The molecular weight excluding hydrogens is 234 g/mol. The summed E-state index contributed by atoms with van der Waals surface area (Å²) in [7, 11) is 2.21. The molecule has 2 heterocycles. The predicted octanol–water partition coefficient (Wildman–Crippen LogP) is 3.08. The molecule has 2 atom stereocenters. The average molecular weight is 257 g/mol. The topological polar surface area (TPSA) is 23.5 Å². The summed E-state index contributed by atoms with van der Waals surface area (Å²) in [6.45, 7) is 4.20. The van der Waals surface area contributed by atoms with Gasteiger partial charge in [0.1, 0.15) is 0 Å². The first-order valence-electron chi connectivity index (χ1n) is 7.29. The lowest BCUT2D eigenvalue weighted by Gasteiger charge is -2.51. The minimum Gasteiger partial charge on any atom is -0.385 e. The summed E-state index contributed by atoms with van der Waals surface area (Å²) in [5.74, 6) is 0. The molecule has 1 aromatic carbocycles. The Morgan fingerprint density at radius 1 is 1.21 bits per heavy atom. The normalized spacial score (nSPS) is 35.1. The quantitative estimate of drug-likeness (QED) is 0.880. The second-order valence-corrected chi connectivity index (χ2v) is 6.19. The van der Waals surface area contributed by atoms with E-state index >= 15 is 0 Å². The maximum absolute atomic E-state index is 11.1. The van der Waals surface area contributed by atoms with Crippen molar-refractivity contribution in [2.75, 3.05) is 7.05 Å². The summed E-state index contributed by atoms with van der Waals surface area (Å²) in [5.41, 5.74) is 1.26. The maximum Gasteiger partial charge on any atom is 0.0926 e. The van der Waals surface area contributed by atoms with Crippen molar-refractivity contribution in [3.63, 3.8) is 0 Å². The molecule has 1 aromatic rings. The molecule has 19 heavy (non-hydrogen) atoms. The molecule has 2 heteroatoms. The van der Waals surface area contributed by atoms with Crippen LogP contribution >= 0.6 is 0 Å². The van der Waals surface area contributed by atoms with E-state index in [0.717, 1.165) is 24.0 Å². The van der Waals surface area contributed by atoms with Crippen molar-refractivity contribution in [3.05, 3.63) is 42.5 Å². The van der Waals surface area contributed by atoms with Gasteiger partial charge in [0.05, 0.1) is 5.60 Å². The van der Waals surface area contributed by atoms with Gasteiger partial charge in [0.2, 0.25) is 0 Å². The number of benzene rings is 1. The third-order valence-corrected chi connectivity index (χ3v) is 5.06. The minimum absolute atomic E-state index is 0.512. The Morgan fingerprint density at radius 2 is 1.79 bits per heavy atom. The fraction of sp³-hybridized carbons (Fsp3) is 0.529. The second-order valence-electron chi connectivity index (χ2n) is 6.19. The Kier molecular flexibility index (Phi) is 3.23. The number of fused-ring (bicyclic) bond motifs is 2. The van der Waals surface area contributed by atoms with Gasteiger partial charge in [-0.2, -0.15) is 0 Å². The predicted molar refractivity (Wildman–Crippen MR) is 78.8 cm³/mol. The fourth-order valence-electron chi connectivity index (χ4n) is 3.80. The van der Waals surface area contributed by atoms with Crippen LogP contribution in [0.15, 0.2) is 36.9 Å². The van der Waals surface area contributed by atoms with E-state index in [0.29, 0.717) is 12.1 Å². The molecule has 2 unspecified atom stereocenters. The van der Waals surface area contributed by atoms with Gasteiger partial charge in [0, 0.05) is 12.1 Å². The van der Waals surface area contributed by atoms with E-state index in [1.54, 1.807) is 0 Å². The van der Waals surface area contributed by atoms with Crippen molar-refractivity contribution in [3.8, 4) is 0 Å². The smallest absolute Gasteiger partial charge is 0.0926 e. The number of piperidine rings is 2. The Balaban J connectivity index is 1.86. The zero-order valence-electron chi connectivity index (χ0n) is 11.7. The summed E-state index contributed by atoms with van der Waals surface area (Å²) in [4.78, 5) is 2.47. The molecule has 2 aliphatic rings. The van der Waals surface area contributed by atoms with E-state index in [1.807, 2.05) is 18.2 Å². The number of aliphatic hydroxyl groups is 1. The molecule has 0 spiro atoms. The highest BCUT2D eigenvalue weighted by molar-refractivity contribution is 5.70. The van der Waals surface area contributed by atoms with Gasteiger partial charge in [-0.3, -0.25) is 0 Å². The lowest BCUT2D eigenvalue weighted by Crippen LogP contribution is -2.56. The van der Waals surface area contributed by atoms with Crippen molar-refractivity contribution in [2.45, 2.75) is 49.8 Å². The molecule has 2 nitrogen and oxygen atoms in total. The van der Waals surface area contributed by atoms with Crippen molar-refractivity contribution in [1.29, 1.82) is 0 Å². The summed E-state index contributed by atoms with van der Waals surface area (Å²) < 4.78 is 0. The monoisotopic (exact) mass is 257 g/mol. The highest BCUT2D eigenvalue weighted by Crippen LogP contribution is 2.43. The largest absolute Gasteiger partial charge is 0.385 e. The van der Waals surface area contributed by atoms with Crippen LogP contribution in [-0.2, 0) is 0 Å². The van der Waals surface area contributed by atoms with Crippen molar-refractivity contribution in [1.82, 2.24) is 4.90 Å². The van der Waals surface area contributed by atoms with E-state index in [1.165, 1.54) is 19.3 Å². The highest BCUT2D eigenvalue weighted by Gasteiger charge is 2.45. The second kappa shape index (κ2) is 4.77. The van der Waals surface area contributed by atoms with Crippen LogP contribution in [0, 0.1) is 0 Å². The Hall–Kier alpha value is -1.12. The van der Waals surface area contributed by atoms with Gasteiger partial charge >= 0.3 is 0 Å². The van der Waals surface area contributed by atoms with Gasteiger partial charge in [-0.25, -0.2) is 0 Å². The zero-order valence-corrected chi connectivity index (χ0v) is 11.7. The summed E-state index contributed by atoms with van der Waals surface area (Å²) in [5, 5.41) is 11.1. The lowest BCUT2D eigenvalue weighted by atomic mass is 9.71. The van der Waals surface area contributed by atoms with Crippen LogP contribution < -0.4 is 0 Å². The van der Waals surface area contributed by atoms with Crippen molar-refractivity contribution in [2.24, 2.45) is 0 Å². The summed E-state index contributed by atoms with van der Waals surface area (Å²) in [6.07, 6.45) is 5.36. The molecule has 0 aliphatic carbocycles. The van der Waals surface area contributed by atoms with Crippen LogP contribution in [0.3, 0.4) is 0 Å². The van der Waals surface area contributed by atoms with Gasteiger partial charge in [0.25, 0.3) is 0 Å². The third-order valence-electron chi connectivity index (χ3n) is 5.06. The first-order chi connectivity index (χ1) is 9.10. The van der Waals surface area contributed by atoms with Crippen LogP contribution in [0.4, 0.5) is 0 Å². The van der Waals surface area contributed by atoms with E-state index in [-0.39, 0.29) is 0 Å². The molecule has 102 valence electrons. The Bertz CT molecular complexity index is 453. The van der Waals surface area contributed by atoms with Crippen LogP contribution in [0.2, 0.25) is 0 Å². The molecule has 3 rings (SSSR count). The van der Waals surface area contributed by atoms with Gasteiger partial charge in [-0.05, 0) is 43.9 Å². The van der Waals surface area contributed by atoms with Gasteiger partial charge < -0.3 is 10.0 Å². The fourth-order valence-corrected chi connectivity index (χ4v) is 3.80. The van der Waals surface area contributed by atoms with E-state index in [2.05, 4.69) is 30.7 Å². The minimum atomic E-state index is -0.719. The van der Waals surface area contributed by atoms with Gasteiger partial charge in [-0.1, -0.05) is 43.3 Å². The van der Waals surface area contributed by atoms with E-state index in [4.69, 9.17) is 0 Å².